The lowest BCUT2D eigenvalue weighted by atomic mass is 9.98. The molecule has 0 aliphatic carbocycles. The number of aromatic hydroxyl groups is 1. The van der Waals surface area contributed by atoms with Crippen LogP contribution in [0.2, 0.25) is 0 Å². The van der Waals surface area contributed by atoms with Gasteiger partial charge in [-0.2, -0.15) is 0 Å². The van der Waals surface area contributed by atoms with E-state index in [1.54, 1.807) is 11.9 Å². The van der Waals surface area contributed by atoms with Crippen LogP contribution in [0.4, 0.5) is 20.2 Å². The third-order valence-corrected chi connectivity index (χ3v) is 6.60. The van der Waals surface area contributed by atoms with Gasteiger partial charge in [0.25, 0.3) is 11.5 Å². The minimum atomic E-state index is -0.809. The van der Waals surface area contributed by atoms with Crippen molar-refractivity contribution in [3.63, 3.8) is 0 Å². The van der Waals surface area contributed by atoms with Crippen molar-refractivity contribution in [1.82, 2.24) is 9.88 Å². The van der Waals surface area contributed by atoms with Gasteiger partial charge in [-0.25, -0.2) is 8.78 Å². The number of hydrogen-bond acceptors (Lipinski definition) is 6. The predicted molar refractivity (Wildman–Crippen MR) is 144 cm³/mol. The summed E-state index contributed by atoms with van der Waals surface area (Å²) in [5.41, 5.74) is 6.46. The molecule has 10 heteroatoms. The lowest BCUT2D eigenvalue weighted by molar-refractivity contribution is 0.0785. The number of aromatic nitrogens is 1. The first-order chi connectivity index (χ1) is 18.3. The number of halogens is 2. The molecule has 2 aromatic carbocycles. The van der Waals surface area contributed by atoms with E-state index in [1.165, 1.54) is 29.3 Å². The third-order valence-electron chi connectivity index (χ3n) is 6.60. The van der Waals surface area contributed by atoms with Crippen LogP contribution in [0.15, 0.2) is 64.4 Å². The average Bonchev–Trinajstić information content (AvgIpc) is 3.39. The Bertz CT molecular complexity index is 1450. The van der Waals surface area contributed by atoms with Crippen LogP contribution in [-0.4, -0.2) is 53.8 Å². The maximum Gasteiger partial charge on any atom is 0.265 e. The van der Waals surface area contributed by atoms with Gasteiger partial charge in [0.15, 0.2) is 5.75 Å². The van der Waals surface area contributed by atoms with Crippen LogP contribution in [0.3, 0.4) is 0 Å². The summed E-state index contributed by atoms with van der Waals surface area (Å²) in [5.74, 6) is -2.94. The Labute approximate surface area is 218 Å². The Hall–Kier alpha value is -4.47. The molecule has 8 nitrogen and oxygen atoms in total. The lowest BCUT2D eigenvalue weighted by Crippen LogP contribution is -2.34. The van der Waals surface area contributed by atoms with Crippen LogP contribution in [0.25, 0.3) is 5.70 Å². The van der Waals surface area contributed by atoms with Crippen LogP contribution < -0.4 is 16.2 Å². The molecule has 1 aliphatic rings. The van der Waals surface area contributed by atoms with Crippen LogP contribution >= 0.6 is 0 Å². The highest BCUT2D eigenvalue weighted by atomic mass is 19.1. The van der Waals surface area contributed by atoms with Gasteiger partial charge in [0.1, 0.15) is 22.9 Å². The van der Waals surface area contributed by atoms with Crippen molar-refractivity contribution < 1.29 is 18.7 Å². The minimum absolute atomic E-state index is 0.114. The quantitative estimate of drug-likeness (QED) is 0.404. The normalized spacial score (nSPS) is 15.8. The number of amides is 1. The second kappa shape index (κ2) is 11.3. The zero-order chi connectivity index (χ0) is 27.4. The summed E-state index contributed by atoms with van der Waals surface area (Å²) in [6, 6.07) is 12.5. The van der Waals surface area contributed by atoms with Crippen molar-refractivity contribution >= 4 is 29.2 Å². The van der Waals surface area contributed by atoms with Gasteiger partial charge in [-0.05, 0) is 43.2 Å². The van der Waals surface area contributed by atoms with E-state index < -0.39 is 34.4 Å². The number of nitrogens with zero attached hydrogens (tertiary/aromatic N) is 3. The fourth-order valence-corrected chi connectivity index (χ4v) is 4.75. The molecule has 0 saturated carbocycles. The van der Waals surface area contributed by atoms with Crippen LogP contribution in [0.1, 0.15) is 40.9 Å². The van der Waals surface area contributed by atoms with Gasteiger partial charge < -0.3 is 25.6 Å². The molecule has 198 valence electrons. The number of carbonyl (C=O) groups is 1. The smallest absolute Gasteiger partial charge is 0.265 e. The number of aromatic amines is 1. The maximum atomic E-state index is 14.4. The molecule has 0 spiro atoms. The van der Waals surface area contributed by atoms with E-state index in [-0.39, 0.29) is 36.1 Å². The minimum Gasteiger partial charge on any atom is -0.505 e. The number of carbonyl (C=O) groups excluding carboxylic acids is 1. The van der Waals surface area contributed by atoms with Crippen LogP contribution in [0.5, 0.6) is 5.75 Å². The van der Waals surface area contributed by atoms with Gasteiger partial charge in [0, 0.05) is 50.6 Å². The second-order valence-corrected chi connectivity index (χ2v) is 8.91. The topological polar surface area (TPSA) is 115 Å². The summed E-state index contributed by atoms with van der Waals surface area (Å²) in [5, 5.41) is 11.4. The molecule has 1 saturated heterocycles. The summed E-state index contributed by atoms with van der Waals surface area (Å²) in [6.07, 6.45) is 3.36. The standard InChI is InChI=1S/C28H29F2N5O3/c1-3-35(19-7-5-4-6-8-19)25-24(22(31)11-13-32-2)33-27(37)23(26(25)36)28(38)34-14-12-17(16-34)20-10-9-18(29)15-21(20)30/h4-11,13,15,17H,3,12,14,16,31H2,1-2H3,(H2,33,36,37). The van der Waals surface area contributed by atoms with Crippen molar-refractivity contribution in [3.05, 3.63) is 93.4 Å². The second-order valence-electron chi connectivity index (χ2n) is 8.91. The summed E-state index contributed by atoms with van der Waals surface area (Å²) in [4.78, 5) is 36.4. The number of anilines is 2. The van der Waals surface area contributed by atoms with Gasteiger partial charge in [-0.15, -0.1) is 0 Å². The van der Waals surface area contributed by atoms with E-state index in [9.17, 15) is 23.5 Å². The average molecular weight is 522 g/mol. The number of nitrogens with two attached hydrogens (primary N) is 1. The van der Waals surface area contributed by atoms with E-state index in [2.05, 4.69) is 9.98 Å². The largest absolute Gasteiger partial charge is 0.505 e. The molecule has 1 amide bonds. The number of allylic oxidation sites excluding steroid dienone is 1. The Morgan fingerprint density at radius 1 is 1.26 bits per heavy atom. The van der Waals surface area contributed by atoms with Gasteiger partial charge in [-0.3, -0.25) is 14.6 Å². The van der Waals surface area contributed by atoms with E-state index in [0.29, 0.717) is 24.2 Å². The van der Waals surface area contributed by atoms with Gasteiger partial charge in [0.05, 0.1) is 11.4 Å². The van der Waals surface area contributed by atoms with Crippen molar-refractivity contribution in [2.45, 2.75) is 19.3 Å². The Morgan fingerprint density at radius 2 is 2.00 bits per heavy atom. The van der Waals surface area contributed by atoms with E-state index in [4.69, 9.17) is 5.73 Å². The van der Waals surface area contributed by atoms with Gasteiger partial charge in [-0.1, -0.05) is 24.3 Å². The van der Waals surface area contributed by atoms with E-state index in [1.807, 2.05) is 37.3 Å². The Morgan fingerprint density at radius 3 is 2.66 bits per heavy atom. The van der Waals surface area contributed by atoms with Crippen molar-refractivity contribution in [2.24, 2.45) is 10.7 Å². The molecular formula is C28H29F2N5O3. The number of likely N-dealkylation sites (tertiary alicyclic amines) is 1. The molecule has 0 bridgehead atoms. The molecular weight excluding hydrogens is 492 g/mol. The first-order valence-electron chi connectivity index (χ1n) is 12.2. The summed E-state index contributed by atoms with van der Waals surface area (Å²) >= 11 is 0. The van der Waals surface area contributed by atoms with Gasteiger partial charge in [0.2, 0.25) is 0 Å². The van der Waals surface area contributed by atoms with Gasteiger partial charge >= 0.3 is 0 Å². The fraction of sp³-hybridized carbons (Fsp3) is 0.250. The molecule has 3 aromatic rings. The van der Waals surface area contributed by atoms with E-state index >= 15 is 0 Å². The van der Waals surface area contributed by atoms with Crippen molar-refractivity contribution in [3.8, 4) is 5.75 Å². The number of benzene rings is 2. The SMILES string of the molecule is CCN(c1ccccc1)c1c(C(N)=CC=NC)[nH]c(=O)c(C(=O)N2CCC(c3ccc(F)cc3F)C2)c1O. The number of rotatable bonds is 7. The Kier molecular flexibility index (Phi) is 7.90. The molecule has 4 N–H and O–H groups in total. The summed E-state index contributed by atoms with van der Waals surface area (Å²) in [7, 11) is 1.57. The highest BCUT2D eigenvalue weighted by molar-refractivity contribution is 6.00. The third kappa shape index (κ3) is 5.15. The molecule has 1 aromatic heterocycles. The monoisotopic (exact) mass is 521 g/mol. The molecule has 4 rings (SSSR count). The summed E-state index contributed by atoms with van der Waals surface area (Å²) < 4.78 is 27.7. The first-order valence-corrected chi connectivity index (χ1v) is 12.2. The zero-order valence-corrected chi connectivity index (χ0v) is 21.1. The number of hydrogen-bond donors (Lipinski definition) is 3. The highest BCUT2D eigenvalue weighted by Crippen LogP contribution is 2.39. The summed E-state index contributed by atoms with van der Waals surface area (Å²) in [6.45, 7) is 2.59. The molecule has 38 heavy (non-hydrogen) atoms. The number of para-hydroxylation sites is 1. The predicted octanol–water partition coefficient (Wildman–Crippen LogP) is 4.15. The Balaban J connectivity index is 1.78. The highest BCUT2D eigenvalue weighted by Gasteiger charge is 2.34. The lowest BCUT2D eigenvalue weighted by Gasteiger charge is -2.28. The molecule has 1 unspecified atom stereocenters. The molecule has 1 fully saturated rings. The van der Waals surface area contributed by atoms with Crippen molar-refractivity contribution in [1.29, 1.82) is 0 Å². The number of nitrogens with one attached hydrogen (secondary N) is 1. The maximum absolute atomic E-state index is 14.4. The number of H-pyrrole nitrogens is 1. The van der Waals surface area contributed by atoms with Crippen LogP contribution in [-0.2, 0) is 0 Å². The zero-order valence-electron chi connectivity index (χ0n) is 21.1. The fourth-order valence-electron chi connectivity index (χ4n) is 4.75. The number of pyridine rings is 1. The first kappa shape index (κ1) is 26.6. The van der Waals surface area contributed by atoms with E-state index in [0.717, 1.165) is 6.07 Å². The molecule has 2 heterocycles. The van der Waals surface area contributed by atoms with Crippen molar-refractivity contribution in [2.75, 3.05) is 31.6 Å². The molecule has 0 radical (unpaired) electrons. The molecule has 1 aliphatic heterocycles. The molecule has 1 atom stereocenters. The van der Waals surface area contributed by atoms with Crippen LogP contribution in [0, 0.1) is 11.6 Å². The number of aliphatic imine (C=N–C) groups is 1.